The molecule has 3 aromatic carbocycles. The maximum atomic E-state index is 13.1. The number of Topliss-reactive ketones (excluding diaryl/α,β-unsaturated/α-hetero) is 1. The lowest BCUT2D eigenvalue weighted by molar-refractivity contribution is 0.0600. The minimum atomic E-state index is -0.427. The lowest BCUT2D eigenvalue weighted by Gasteiger charge is -2.35. The van der Waals surface area contributed by atoms with Crippen LogP contribution in [0.1, 0.15) is 37.4 Å². The van der Waals surface area contributed by atoms with Crippen molar-refractivity contribution in [3.63, 3.8) is 0 Å². The van der Waals surface area contributed by atoms with E-state index >= 15 is 0 Å². The van der Waals surface area contributed by atoms with Crippen LogP contribution >= 0.6 is 0 Å². The number of ether oxygens (including phenoxy) is 4. The monoisotopic (exact) mass is 528 g/mol. The molecule has 6 rings (SSSR count). The third-order valence-electron chi connectivity index (χ3n) is 7.24. The van der Waals surface area contributed by atoms with E-state index in [1.807, 2.05) is 12.1 Å². The van der Waals surface area contributed by atoms with Crippen LogP contribution in [0, 0.1) is 0 Å². The molecule has 9 nitrogen and oxygen atoms in total. The summed E-state index contributed by atoms with van der Waals surface area (Å²) in [7, 11) is 1.33. The first-order valence-corrected chi connectivity index (χ1v) is 12.8. The zero-order valence-electron chi connectivity index (χ0n) is 21.5. The number of phenolic OH excluding ortho intramolecular Hbond substituents is 1. The number of ketones is 1. The van der Waals surface area contributed by atoms with Gasteiger partial charge in [-0.1, -0.05) is 18.2 Å². The molecule has 0 aliphatic carbocycles. The molecule has 0 unspecified atom stereocenters. The number of esters is 1. The van der Waals surface area contributed by atoms with Gasteiger partial charge in [-0.05, 0) is 53.6 Å². The number of rotatable bonds is 6. The zero-order valence-corrected chi connectivity index (χ0v) is 21.5. The van der Waals surface area contributed by atoms with Crippen molar-refractivity contribution >= 4 is 17.8 Å². The largest absolute Gasteiger partial charge is 0.507 e. The molecule has 0 atom stereocenters. The summed E-state index contributed by atoms with van der Waals surface area (Å²) in [5.41, 5.74) is 3.35. The van der Waals surface area contributed by atoms with Gasteiger partial charge in [-0.2, -0.15) is 0 Å². The summed E-state index contributed by atoms with van der Waals surface area (Å²) in [5.74, 6) is 1.60. The normalized spacial score (nSPS) is 17.8. The summed E-state index contributed by atoms with van der Waals surface area (Å²) in [4.78, 5) is 29.4. The van der Waals surface area contributed by atoms with E-state index in [-0.39, 0.29) is 24.1 Å². The minimum absolute atomic E-state index is 0.105. The van der Waals surface area contributed by atoms with Crippen LogP contribution in [0.25, 0.3) is 6.08 Å². The second-order valence-corrected chi connectivity index (χ2v) is 9.73. The summed E-state index contributed by atoms with van der Waals surface area (Å²) in [6.07, 6.45) is 1.64. The van der Waals surface area contributed by atoms with Crippen LogP contribution in [0.4, 0.5) is 0 Å². The van der Waals surface area contributed by atoms with Gasteiger partial charge in [-0.25, -0.2) is 4.79 Å². The summed E-state index contributed by atoms with van der Waals surface area (Å²) >= 11 is 0. The first kappa shape index (κ1) is 25.0. The Bertz CT molecular complexity index is 1460. The highest BCUT2D eigenvalue weighted by Gasteiger charge is 2.32. The number of allylic oxidation sites excluding steroid dienone is 1. The summed E-state index contributed by atoms with van der Waals surface area (Å²) in [6.45, 7) is 4.94. The van der Waals surface area contributed by atoms with E-state index < -0.39 is 5.97 Å². The molecule has 3 aromatic rings. The maximum Gasteiger partial charge on any atom is 0.337 e. The fourth-order valence-electron chi connectivity index (χ4n) is 5.06. The number of hydrogen-bond acceptors (Lipinski definition) is 9. The standard InChI is InChI=1S/C30H28N2O7/c1-36-30(35)21-5-2-19(3-6-21)14-27-28(34)22-7-8-24(33)23(29(22)39-27)17-32-12-10-31(11-13-32)16-20-4-9-25-26(15-20)38-18-37-25/h2-9,14-15,33H,10-13,16-18H2,1H3/b27-14-. The molecule has 1 saturated heterocycles. The van der Waals surface area contributed by atoms with Gasteiger partial charge in [0.05, 0.1) is 23.8 Å². The van der Waals surface area contributed by atoms with Crippen molar-refractivity contribution in [2.75, 3.05) is 40.1 Å². The highest BCUT2D eigenvalue weighted by Crippen LogP contribution is 2.40. The van der Waals surface area contributed by atoms with Crippen molar-refractivity contribution in [1.29, 1.82) is 0 Å². The highest BCUT2D eigenvalue weighted by atomic mass is 16.7. The van der Waals surface area contributed by atoms with Crippen LogP contribution < -0.4 is 14.2 Å². The lowest BCUT2D eigenvalue weighted by atomic mass is 10.0. The number of hydrogen-bond donors (Lipinski definition) is 1. The number of carbonyl (C=O) groups excluding carboxylic acids is 2. The quantitative estimate of drug-likeness (QED) is 0.378. The molecule has 1 fully saturated rings. The number of phenols is 1. The molecule has 0 saturated carbocycles. The van der Waals surface area contributed by atoms with Gasteiger partial charge in [0.1, 0.15) is 11.5 Å². The third kappa shape index (κ3) is 5.06. The average molecular weight is 529 g/mol. The van der Waals surface area contributed by atoms with Gasteiger partial charge in [0.15, 0.2) is 17.3 Å². The van der Waals surface area contributed by atoms with Crippen molar-refractivity contribution in [2.45, 2.75) is 13.1 Å². The molecule has 3 aliphatic rings. The lowest BCUT2D eigenvalue weighted by Crippen LogP contribution is -2.45. The molecule has 200 valence electrons. The van der Waals surface area contributed by atoms with Crippen molar-refractivity contribution in [3.05, 3.63) is 88.2 Å². The summed E-state index contributed by atoms with van der Waals surface area (Å²) < 4.78 is 21.6. The number of methoxy groups -OCH3 is 1. The molecule has 0 aromatic heterocycles. The van der Waals surface area contributed by atoms with Crippen LogP contribution in [-0.4, -0.2) is 66.7 Å². The fraction of sp³-hybridized carbons (Fsp3) is 0.267. The van der Waals surface area contributed by atoms with E-state index in [0.717, 1.165) is 44.2 Å². The number of fused-ring (bicyclic) bond motifs is 2. The maximum absolute atomic E-state index is 13.1. The smallest absolute Gasteiger partial charge is 0.337 e. The van der Waals surface area contributed by atoms with Crippen LogP contribution in [0.2, 0.25) is 0 Å². The summed E-state index contributed by atoms with van der Waals surface area (Å²) in [5, 5.41) is 10.7. The molecule has 39 heavy (non-hydrogen) atoms. The van der Waals surface area contributed by atoms with Crippen LogP contribution in [-0.2, 0) is 17.8 Å². The molecular formula is C30H28N2O7. The topological polar surface area (TPSA) is 97.8 Å². The number of piperazine rings is 1. The molecule has 0 spiro atoms. The van der Waals surface area contributed by atoms with Crippen LogP contribution in [0.3, 0.4) is 0 Å². The Kier molecular flexibility index (Phi) is 6.68. The van der Waals surface area contributed by atoms with E-state index in [9.17, 15) is 14.7 Å². The third-order valence-corrected chi connectivity index (χ3v) is 7.24. The van der Waals surface area contributed by atoms with Gasteiger partial charge in [-0.15, -0.1) is 0 Å². The van der Waals surface area contributed by atoms with Gasteiger partial charge in [-0.3, -0.25) is 14.6 Å². The molecule has 0 radical (unpaired) electrons. The number of nitrogens with zero attached hydrogens (tertiary/aromatic N) is 2. The second-order valence-electron chi connectivity index (χ2n) is 9.73. The molecule has 1 N–H and O–H groups in total. The first-order valence-electron chi connectivity index (χ1n) is 12.8. The molecule has 3 heterocycles. The van der Waals surface area contributed by atoms with Gasteiger partial charge in [0, 0.05) is 39.3 Å². The Labute approximate surface area is 225 Å². The first-order chi connectivity index (χ1) is 19.0. The SMILES string of the molecule is COC(=O)c1ccc(/C=C2\Oc3c(ccc(O)c3CN3CCN(Cc4ccc5c(c4)OCO5)CC3)C2=O)cc1. The van der Waals surface area contributed by atoms with Crippen molar-refractivity contribution in [2.24, 2.45) is 0 Å². The number of carbonyl (C=O) groups is 2. The predicted molar refractivity (Wildman–Crippen MR) is 142 cm³/mol. The Morgan fingerprint density at radius 2 is 1.67 bits per heavy atom. The van der Waals surface area contributed by atoms with Crippen molar-refractivity contribution in [3.8, 4) is 23.0 Å². The Balaban J connectivity index is 1.11. The molecule has 0 amide bonds. The van der Waals surface area contributed by atoms with Gasteiger partial charge < -0.3 is 24.1 Å². The van der Waals surface area contributed by atoms with Crippen LogP contribution in [0.15, 0.2) is 60.4 Å². The highest BCUT2D eigenvalue weighted by molar-refractivity contribution is 6.15. The Hall–Kier alpha value is -4.34. The fourth-order valence-corrected chi connectivity index (χ4v) is 5.06. The van der Waals surface area contributed by atoms with E-state index in [1.54, 1.807) is 42.5 Å². The second kappa shape index (κ2) is 10.4. The van der Waals surface area contributed by atoms with E-state index in [1.165, 1.54) is 12.7 Å². The van der Waals surface area contributed by atoms with E-state index in [2.05, 4.69) is 15.9 Å². The van der Waals surface area contributed by atoms with Gasteiger partial charge in [0.2, 0.25) is 12.6 Å². The van der Waals surface area contributed by atoms with Gasteiger partial charge in [0.25, 0.3) is 0 Å². The Morgan fingerprint density at radius 3 is 2.41 bits per heavy atom. The van der Waals surface area contributed by atoms with Crippen molar-refractivity contribution < 1.29 is 33.6 Å². The molecular weight excluding hydrogens is 500 g/mol. The Morgan fingerprint density at radius 1 is 0.949 bits per heavy atom. The average Bonchev–Trinajstić information content (AvgIpc) is 3.55. The minimum Gasteiger partial charge on any atom is -0.507 e. The molecule has 9 heteroatoms. The number of aromatic hydroxyl groups is 1. The number of benzene rings is 3. The van der Waals surface area contributed by atoms with E-state index in [0.29, 0.717) is 34.5 Å². The molecule has 0 bridgehead atoms. The summed E-state index contributed by atoms with van der Waals surface area (Å²) in [6, 6.07) is 15.9. The van der Waals surface area contributed by atoms with Gasteiger partial charge >= 0.3 is 5.97 Å². The van der Waals surface area contributed by atoms with Crippen molar-refractivity contribution in [1.82, 2.24) is 9.80 Å². The van der Waals surface area contributed by atoms with Crippen LogP contribution in [0.5, 0.6) is 23.0 Å². The predicted octanol–water partition coefficient (Wildman–Crippen LogP) is 3.84. The van der Waals surface area contributed by atoms with E-state index in [4.69, 9.17) is 18.9 Å². The molecule has 3 aliphatic heterocycles. The zero-order chi connectivity index (χ0) is 26.9.